The first-order valence-electron chi connectivity index (χ1n) is 9.61. The molecule has 0 aliphatic heterocycles. The summed E-state index contributed by atoms with van der Waals surface area (Å²) < 4.78 is 19.9. The lowest BCUT2D eigenvalue weighted by molar-refractivity contribution is 0.0706. The standard InChI is InChI=1S/C17H34N2O3S3Si/c1-5-20-26(21-6-2,22-7-3)15-13-11-9-8-10-12-14-24-17-19-18-16(23-4)25-17/h5-15H2,1-4H3. The Labute approximate surface area is 172 Å². The highest BCUT2D eigenvalue weighted by atomic mass is 32.2. The number of nitrogens with zero attached hydrogens (tertiary/aromatic N) is 2. The summed E-state index contributed by atoms with van der Waals surface area (Å²) in [6, 6.07) is 0.938. The lowest BCUT2D eigenvalue weighted by Gasteiger charge is -2.28. The molecule has 0 unspecified atom stereocenters. The zero-order valence-corrected chi connectivity index (χ0v) is 20.1. The van der Waals surface area contributed by atoms with Gasteiger partial charge in [0.05, 0.1) is 0 Å². The van der Waals surface area contributed by atoms with E-state index in [4.69, 9.17) is 13.3 Å². The van der Waals surface area contributed by atoms with Gasteiger partial charge in [0.25, 0.3) is 0 Å². The molecule has 5 nitrogen and oxygen atoms in total. The van der Waals surface area contributed by atoms with E-state index in [2.05, 4.69) is 10.2 Å². The minimum atomic E-state index is -2.43. The second-order valence-corrected chi connectivity index (χ2v) is 11.8. The molecule has 1 aromatic rings. The maximum absolute atomic E-state index is 5.90. The fraction of sp³-hybridized carbons (Fsp3) is 0.882. The Morgan fingerprint density at radius 1 is 0.808 bits per heavy atom. The molecule has 0 bridgehead atoms. The van der Waals surface area contributed by atoms with E-state index < -0.39 is 8.80 Å². The minimum absolute atomic E-state index is 0.664. The molecule has 0 N–H and O–H groups in total. The van der Waals surface area contributed by atoms with Gasteiger partial charge in [0.15, 0.2) is 8.68 Å². The Morgan fingerprint density at radius 2 is 1.35 bits per heavy atom. The van der Waals surface area contributed by atoms with Crippen molar-refractivity contribution in [3.05, 3.63) is 0 Å². The third-order valence-corrected chi connectivity index (χ3v) is 10.0. The van der Waals surface area contributed by atoms with Crippen LogP contribution < -0.4 is 0 Å². The Morgan fingerprint density at radius 3 is 1.88 bits per heavy atom. The third kappa shape index (κ3) is 10.1. The lowest BCUT2D eigenvalue weighted by atomic mass is 10.1. The van der Waals surface area contributed by atoms with Crippen molar-refractivity contribution in [3.63, 3.8) is 0 Å². The quantitative estimate of drug-likeness (QED) is 0.174. The van der Waals surface area contributed by atoms with Gasteiger partial charge in [0.1, 0.15) is 0 Å². The van der Waals surface area contributed by atoms with Gasteiger partial charge < -0.3 is 13.3 Å². The number of aromatic nitrogens is 2. The molecule has 1 rings (SSSR count). The topological polar surface area (TPSA) is 53.5 Å². The Kier molecular flexibility index (Phi) is 14.4. The first-order chi connectivity index (χ1) is 12.7. The molecule has 0 aromatic carbocycles. The van der Waals surface area contributed by atoms with Gasteiger partial charge in [-0.3, -0.25) is 0 Å². The van der Waals surface area contributed by atoms with Crippen molar-refractivity contribution >= 4 is 43.7 Å². The average molecular weight is 439 g/mol. The highest BCUT2D eigenvalue weighted by molar-refractivity contribution is 8.02. The van der Waals surface area contributed by atoms with Crippen LogP contribution in [0, 0.1) is 0 Å². The molecule has 0 atom stereocenters. The summed E-state index contributed by atoms with van der Waals surface area (Å²) in [7, 11) is -2.43. The van der Waals surface area contributed by atoms with Crippen molar-refractivity contribution in [1.29, 1.82) is 0 Å². The molecule has 26 heavy (non-hydrogen) atoms. The maximum atomic E-state index is 5.90. The number of rotatable bonds is 17. The first-order valence-corrected chi connectivity index (χ1v) is 14.6. The van der Waals surface area contributed by atoms with Gasteiger partial charge in [-0.05, 0) is 39.9 Å². The Balaban J connectivity index is 2.07. The molecule has 152 valence electrons. The highest BCUT2D eigenvalue weighted by Gasteiger charge is 2.39. The summed E-state index contributed by atoms with van der Waals surface area (Å²) in [5.74, 6) is 1.14. The second-order valence-electron chi connectivity index (χ2n) is 5.74. The molecule has 0 amide bonds. The molecular formula is C17H34N2O3S3Si. The molecule has 0 aliphatic carbocycles. The predicted molar refractivity (Wildman–Crippen MR) is 116 cm³/mol. The summed E-state index contributed by atoms with van der Waals surface area (Å²) in [6.45, 7) is 8.04. The van der Waals surface area contributed by atoms with Gasteiger partial charge >= 0.3 is 8.80 Å². The Hall–Kier alpha value is 0.357. The van der Waals surface area contributed by atoms with Crippen molar-refractivity contribution in [2.45, 2.75) is 74.0 Å². The van der Waals surface area contributed by atoms with Gasteiger partial charge in [-0.25, -0.2) is 0 Å². The van der Waals surface area contributed by atoms with Crippen LogP contribution in [0.5, 0.6) is 0 Å². The van der Waals surface area contributed by atoms with Crippen molar-refractivity contribution in [2.75, 3.05) is 31.8 Å². The van der Waals surface area contributed by atoms with Crippen molar-refractivity contribution in [2.24, 2.45) is 0 Å². The number of hydrogen-bond donors (Lipinski definition) is 0. The van der Waals surface area contributed by atoms with Gasteiger partial charge in [0, 0.05) is 31.6 Å². The smallest absolute Gasteiger partial charge is 0.374 e. The summed E-state index contributed by atoms with van der Waals surface area (Å²) in [4.78, 5) is 0. The van der Waals surface area contributed by atoms with Crippen LogP contribution in [0.3, 0.4) is 0 Å². The molecule has 9 heteroatoms. The van der Waals surface area contributed by atoms with Crippen LogP contribution in [0.15, 0.2) is 8.68 Å². The number of hydrogen-bond acceptors (Lipinski definition) is 8. The van der Waals surface area contributed by atoms with Crippen LogP contribution in [0.4, 0.5) is 0 Å². The largest absolute Gasteiger partial charge is 0.500 e. The summed E-state index contributed by atoms with van der Waals surface area (Å²) >= 11 is 5.19. The van der Waals surface area contributed by atoms with E-state index >= 15 is 0 Å². The summed E-state index contributed by atoms with van der Waals surface area (Å²) in [6.07, 6.45) is 9.49. The molecule has 1 heterocycles. The monoisotopic (exact) mass is 438 g/mol. The van der Waals surface area contributed by atoms with Crippen molar-refractivity contribution in [1.82, 2.24) is 10.2 Å². The van der Waals surface area contributed by atoms with Crippen LogP contribution in [0.1, 0.15) is 59.3 Å². The molecule has 0 spiro atoms. The molecule has 1 aromatic heterocycles. The van der Waals surface area contributed by atoms with Crippen LogP contribution in [0.25, 0.3) is 0 Å². The van der Waals surface area contributed by atoms with Crippen LogP contribution in [-0.4, -0.2) is 50.8 Å². The fourth-order valence-electron chi connectivity index (χ4n) is 2.65. The fourth-order valence-corrected chi connectivity index (χ4v) is 7.84. The second kappa shape index (κ2) is 15.3. The molecule has 0 saturated heterocycles. The number of unbranched alkanes of at least 4 members (excludes halogenated alkanes) is 5. The lowest BCUT2D eigenvalue weighted by Crippen LogP contribution is -2.45. The van der Waals surface area contributed by atoms with Gasteiger partial charge in [-0.15, -0.1) is 10.2 Å². The highest BCUT2D eigenvalue weighted by Crippen LogP contribution is 2.28. The van der Waals surface area contributed by atoms with E-state index in [0.29, 0.717) is 19.8 Å². The van der Waals surface area contributed by atoms with Gasteiger partial charge in [-0.2, -0.15) is 0 Å². The zero-order chi connectivity index (χ0) is 19.1. The summed E-state index contributed by atoms with van der Waals surface area (Å²) in [5.41, 5.74) is 0. The molecular weight excluding hydrogens is 404 g/mol. The van der Waals surface area contributed by atoms with Crippen LogP contribution in [-0.2, 0) is 13.3 Å². The molecule has 0 aliphatic rings. The van der Waals surface area contributed by atoms with E-state index in [-0.39, 0.29) is 0 Å². The van der Waals surface area contributed by atoms with E-state index in [9.17, 15) is 0 Å². The van der Waals surface area contributed by atoms with Gasteiger partial charge in [-0.1, -0.05) is 60.5 Å². The molecule has 0 fully saturated rings. The normalized spacial score (nSPS) is 12.0. The van der Waals surface area contributed by atoms with Crippen molar-refractivity contribution < 1.29 is 13.3 Å². The molecule has 0 saturated carbocycles. The average Bonchev–Trinajstić information content (AvgIpc) is 3.09. The van der Waals surface area contributed by atoms with Crippen LogP contribution >= 0.6 is 34.9 Å². The molecule has 0 radical (unpaired) electrons. The maximum Gasteiger partial charge on any atom is 0.500 e. The van der Waals surface area contributed by atoms with E-state index in [1.54, 1.807) is 23.1 Å². The summed E-state index contributed by atoms with van der Waals surface area (Å²) in [5, 5.41) is 8.32. The number of thioether (sulfide) groups is 2. The SMILES string of the molecule is CCO[Si](CCCCCCCCSc1nnc(SC)s1)(OCC)OCC. The minimum Gasteiger partial charge on any atom is -0.374 e. The predicted octanol–water partition coefficient (Wildman–Crippen LogP) is 5.74. The third-order valence-electron chi connectivity index (χ3n) is 3.76. The van der Waals surface area contributed by atoms with Crippen LogP contribution in [0.2, 0.25) is 6.04 Å². The zero-order valence-electron chi connectivity index (χ0n) is 16.6. The van der Waals surface area contributed by atoms with Crippen molar-refractivity contribution in [3.8, 4) is 0 Å². The van der Waals surface area contributed by atoms with E-state index in [1.165, 1.54) is 32.1 Å². The first kappa shape index (κ1) is 24.4. The van der Waals surface area contributed by atoms with E-state index in [0.717, 1.165) is 26.9 Å². The van der Waals surface area contributed by atoms with Gasteiger partial charge in [0.2, 0.25) is 0 Å². The Bertz CT molecular complexity index is 449. The van der Waals surface area contributed by atoms with E-state index in [1.807, 2.05) is 38.8 Å².